The topological polar surface area (TPSA) is 77.4 Å². The fraction of sp³-hybridized carbons (Fsp3) is 1.00. The molecule has 0 unspecified atom stereocenters. The van der Waals surface area contributed by atoms with Crippen molar-refractivity contribution in [3.63, 3.8) is 0 Å². The number of aliphatic hydroxyl groups is 2. The highest BCUT2D eigenvalue weighted by Gasteiger charge is 2.49. The smallest absolute Gasteiger partial charge is 0.164 e. The van der Waals surface area contributed by atoms with Crippen LogP contribution in [0.2, 0.25) is 0 Å². The van der Waals surface area contributed by atoms with E-state index in [-0.39, 0.29) is 20.0 Å². The van der Waals surface area contributed by atoms with Crippen LogP contribution in [0.15, 0.2) is 0 Å². The van der Waals surface area contributed by atoms with Crippen molar-refractivity contribution in [3.8, 4) is 0 Å². The second-order valence-corrected chi connectivity index (χ2v) is 4.46. The number of rotatable bonds is 3. The van der Waals surface area contributed by atoms with Crippen LogP contribution in [-0.4, -0.2) is 60.4 Å². The summed E-state index contributed by atoms with van der Waals surface area (Å²) >= 11 is 0. The molecule has 0 radical (unpaired) electrons. The largest absolute Gasteiger partial charge is 0.394 e. The summed E-state index contributed by atoms with van der Waals surface area (Å²) < 4.78 is 21.8. The van der Waals surface area contributed by atoms with E-state index >= 15 is 0 Å². The van der Waals surface area contributed by atoms with E-state index in [9.17, 15) is 5.11 Å². The van der Waals surface area contributed by atoms with E-state index in [1.807, 2.05) is 0 Å². The standard InChI is InChI=1S/C10H18O6/c1-10(2)15-7(4-12)9(16-10)8-6(3-11)13-5-14-8/h6-9,11-12H,3-5H2,1-2H3/t6-,7+,8+,9-/m0/s1. The predicted molar refractivity (Wildman–Crippen MR) is 52.6 cm³/mol. The lowest BCUT2D eigenvalue weighted by Gasteiger charge is -2.24. The highest BCUT2D eigenvalue weighted by atomic mass is 16.8. The zero-order valence-electron chi connectivity index (χ0n) is 9.46. The lowest BCUT2D eigenvalue weighted by atomic mass is 10.0. The normalized spacial score (nSPS) is 42.8. The summed E-state index contributed by atoms with van der Waals surface area (Å²) in [7, 11) is 0. The van der Waals surface area contributed by atoms with Crippen LogP contribution < -0.4 is 0 Å². The molecule has 0 aromatic rings. The molecule has 16 heavy (non-hydrogen) atoms. The molecule has 0 aromatic carbocycles. The van der Waals surface area contributed by atoms with Gasteiger partial charge in [-0.05, 0) is 13.8 Å². The molecule has 0 spiro atoms. The fourth-order valence-electron chi connectivity index (χ4n) is 2.15. The molecular weight excluding hydrogens is 216 g/mol. The highest BCUT2D eigenvalue weighted by molar-refractivity contribution is 4.92. The molecule has 0 bridgehead atoms. The average molecular weight is 234 g/mol. The molecule has 6 heteroatoms. The Morgan fingerprint density at radius 3 is 2.31 bits per heavy atom. The summed E-state index contributed by atoms with van der Waals surface area (Å²) in [6.45, 7) is 3.41. The maximum Gasteiger partial charge on any atom is 0.164 e. The number of hydrogen-bond acceptors (Lipinski definition) is 6. The minimum absolute atomic E-state index is 0.133. The third kappa shape index (κ3) is 2.22. The van der Waals surface area contributed by atoms with Crippen molar-refractivity contribution >= 4 is 0 Å². The molecule has 0 aromatic heterocycles. The van der Waals surface area contributed by atoms with Crippen molar-refractivity contribution < 1.29 is 29.2 Å². The van der Waals surface area contributed by atoms with Crippen LogP contribution >= 0.6 is 0 Å². The van der Waals surface area contributed by atoms with Gasteiger partial charge in [0.25, 0.3) is 0 Å². The van der Waals surface area contributed by atoms with Crippen LogP contribution in [0, 0.1) is 0 Å². The van der Waals surface area contributed by atoms with E-state index in [1.54, 1.807) is 13.8 Å². The van der Waals surface area contributed by atoms with Crippen molar-refractivity contribution in [2.24, 2.45) is 0 Å². The summed E-state index contributed by atoms with van der Waals surface area (Å²) in [6.07, 6.45) is -1.68. The van der Waals surface area contributed by atoms with Crippen LogP contribution in [0.25, 0.3) is 0 Å². The van der Waals surface area contributed by atoms with Gasteiger partial charge in [0.05, 0.1) is 13.2 Å². The van der Waals surface area contributed by atoms with Gasteiger partial charge < -0.3 is 29.2 Å². The zero-order valence-corrected chi connectivity index (χ0v) is 9.46. The lowest BCUT2D eigenvalue weighted by Crippen LogP contribution is -2.44. The monoisotopic (exact) mass is 234 g/mol. The number of ether oxygens (including phenoxy) is 4. The molecule has 0 amide bonds. The maximum atomic E-state index is 9.22. The lowest BCUT2D eigenvalue weighted by molar-refractivity contribution is -0.158. The summed E-state index contributed by atoms with van der Waals surface area (Å²) in [5.74, 6) is -0.746. The maximum absolute atomic E-state index is 9.22. The van der Waals surface area contributed by atoms with Crippen molar-refractivity contribution in [2.75, 3.05) is 20.0 Å². The Bertz CT molecular complexity index is 243. The van der Waals surface area contributed by atoms with Crippen molar-refractivity contribution in [2.45, 2.75) is 44.1 Å². The Labute approximate surface area is 94.1 Å². The van der Waals surface area contributed by atoms with E-state index in [4.69, 9.17) is 24.1 Å². The second kappa shape index (κ2) is 4.56. The van der Waals surface area contributed by atoms with Gasteiger partial charge in [-0.1, -0.05) is 0 Å². The Balaban J connectivity index is 2.07. The Morgan fingerprint density at radius 2 is 1.69 bits per heavy atom. The molecule has 2 aliphatic heterocycles. The first-order chi connectivity index (χ1) is 7.57. The van der Waals surface area contributed by atoms with E-state index in [2.05, 4.69) is 0 Å². The molecule has 94 valence electrons. The van der Waals surface area contributed by atoms with Crippen molar-refractivity contribution in [3.05, 3.63) is 0 Å². The second-order valence-electron chi connectivity index (χ2n) is 4.46. The summed E-state index contributed by atoms with van der Waals surface area (Å²) in [4.78, 5) is 0. The minimum atomic E-state index is -0.746. The first-order valence-corrected chi connectivity index (χ1v) is 5.38. The third-order valence-corrected chi connectivity index (χ3v) is 2.81. The van der Waals surface area contributed by atoms with Gasteiger partial charge in [0.1, 0.15) is 31.2 Å². The molecular formula is C10H18O6. The molecule has 2 N–H and O–H groups in total. The van der Waals surface area contributed by atoms with Gasteiger partial charge in [0.15, 0.2) is 5.79 Å². The van der Waals surface area contributed by atoms with Gasteiger partial charge in [-0.15, -0.1) is 0 Å². The fourth-order valence-corrected chi connectivity index (χ4v) is 2.15. The summed E-state index contributed by atoms with van der Waals surface area (Å²) in [6, 6.07) is 0. The predicted octanol–water partition coefficient (Wildman–Crippen LogP) is -0.767. The van der Waals surface area contributed by atoms with Crippen LogP contribution in [0.1, 0.15) is 13.8 Å². The number of aliphatic hydroxyl groups excluding tert-OH is 2. The first-order valence-electron chi connectivity index (χ1n) is 5.38. The number of hydrogen-bond donors (Lipinski definition) is 2. The molecule has 0 aliphatic carbocycles. The Morgan fingerprint density at radius 1 is 1.00 bits per heavy atom. The van der Waals surface area contributed by atoms with Crippen LogP contribution in [0.3, 0.4) is 0 Å². The van der Waals surface area contributed by atoms with Gasteiger partial charge in [0, 0.05) is 0 Å². The van der Waals surface area contributed by atoms with Crippen LogP contribution in [-0.2, 0) is 18.9 Å². The van der Waals surface area contributed by atoms with E-state index in [0.29, 0.717) is 0 Å². The van der Waals surface area contributed by atoms with Gasteiger partial charge in [0.2, 0.25) is 0 Å². The average Bonchev–Trinajstić information content (AvgIpc) is 2.80. The third-order valence-electron chi connectivity index (χ3n) is 2.81. The van der Waals surface area contributed by atoms with E-state index in [0.717, 1.165) is 0 Å². The molecule has 0 saturated carbocycles. The quantitative estimate of drug-likeness (QED) is 0.668. The van der Waals surface area contributed by atoms with Gasteiger partial charge in [-0.2, -0.15) is 0 Å². The van der Waals surface area contributed by atoms with E-state index < -0.39 is 30.2 Å². The van der Waals surface area contributed by atoms with Crippen LogP contribution in [0.5, 0.6) is 0 Å². The van der Waals surface area contributed by atoms with Gasteiger partial charge in [-0.3, -0.25) is 0 Å². The van der Waals surface area contributed by atoms with Gasteiger partial charge in [-0.25, -0.2) is 0 Å². The molecule has 6 nitrogen and oxygen atoms in total. The van der Waals surface area contributed by atoms with Crippen LogP contribution in [0.4, 0.5) is 0 Å². The minimum Gasteiger partial charge on any atom is -0.394 e. The zero-order chi connectivity index (χ0) is 11.8. The molecule has 2 fully saturated rings. The Hall–Kier alpha value is -0.240. The highest BCUT2D eigenvalue weighted by Crippen LogP contribution is 2.33. The molecule has 2 rings (SSSR count). The first kappa shape index (κ1) is 12.2. The molecule has 2 saturated heterocycles. The van der Waals surface area contributed by atoms with Gasteiger partial charge >= 0.3 is 0 Å². The van der Waals surface area contributed by atoms with Crippen molar-refractivity contribution in [1.82, 2.24) is 0 Å². The Kier molecular flexibility index (Phi) is 3.48. The van der Waals surface area contributed by atoms with E-state index in [1.165, 1.54) is 0 Å². The SMILES string of the molecule is CC1(C)O[C@H]([C@@H]2OCO[C@H]2CO)[C@@H](CO)O1. The summed E-state index contributed by atoms with van der Waals surface area (Å²) in [5, 5.41) is 18.3. The summed E-state index contributed by atoms with van der Waals surface area (Å²) in [5.41, 5.74) is 0. The molecule has 2 aliphatic rings. The molecule has 4 atom stereocenters. The van der Waals surface area contributed by atoms with Crippen molar-refractivity contribution in [1.29, 1.82) is 0 Å². The molecule has 2 heterocycles.